The second-order valence-electron chi connectivity index (χ2n) is 3.84. The first kappa shape index (κ1) is 12.4. The van der Waals surface area contributed by atoms with Crippen LogP contribution in [0.25, 0.3) is 11.3 Å². The second kappa shape index (κ2) is 6.07. The van der Waals surface area contributed by atoms with Gasteiger partial charge in [0.1, 0.15) is 11.4 Å². The standard InChI is InChI=1S/C13H17N3O2/c1-17-12-6-3-2-5-10(12)13-11(9-16-18-13)15-8-4-7-14/h2-3,5-6,9,15H,4,7-8,14H2,1H3. The number of nitrogens with two attached hydrogens (primary N) is 1. The van der Waals surface area contributed by atoms with Gasteiger partial charge in [-0.2, -0.15) is 0 Å². The van der Waals surface area contributed by atoms with Gasteiger partial charge in [-0.25, -0.2) is 0 Å². The van der Waals surface area contributed by atoms with Crippen LogP contribution < -0.4 is 15.8 Å². The Bertz CT molecular complexity index is 496. The molecule has 2 aromatic rings. The number of methoxy groups -OCH3 is 1. The zero-order valence-corrected chi connectivity index (χ0v) is 10.3. The minimum absolute atomic E-state index is 0.655. The Morgan fingerprint density at radius 3 is 3.00 bits per heavy atom. The summed E-state index contributed by atoms with van der Waals surface area (Å²) in [6.45, 7) is 1.45. The predicted molar refractivity (Wildman–Crippen MR) is 70.7 cm³/mol. The van der Waals surface area contributed by atoms with Crippen LogP contribution in [-0.2, 0) is 0 Å². The smallest absolute Gasteiger partial charge is 0.193 e. The molecule has 0 amide bonds. The molecule has 0 aliphatic rings. The normalized spacial score (nSPS) is 10.3. The molecule has 0 unspecified atom stereocenters. The summed E-state index contributed by atoms with van der Waals surface area (Å²) in [6, 6.07) is 7.68. The lowest BCUT2D eigenvalue weighted by atomic mass is 10.1. The maximum absolute atomic E-state index is 5.46. The van der Waals surface area contributed by atoms with Gasteiger partial charge in [0.05, 0.1) is 18.9 Å². The SMILES string of the molecule is COc1ccccc1-c1oncc1NCCCN. The Labute approximate surface area is 106 Å². The highest BCUT2D eigenvalue weighted by molar-refractivity contribution is 5.76. The van der Waals surface area contributed by atoms with Gasteiger partial charge >= 0.3 is 0 Å². The van der Waals surface area contributed by atoms with Crippen molar-refractivity contribution in [1.29, 1.82) is 0 Å². The lowest BCUT2D eigenvalue weighted by Crippen LogP contribution is -2.08. The summed E-state index contributed by atoms with van der Waals surface area (Å²) in [6.07, 6.45) is 2.56. The van der Waals surface area contributed by atoms with Crippen LogP contribution in [0.15, 0.2) is 35.0 Å². The third-order valence-corrected chi connectivity index (χ3v) is 2.62. The van der Waals surface area contributed by atoms with Crippen molar-refractivity contribution in [3.63, 3.8) is 0 Å². The van der Waals surface area contributed by atoms with Crippen LogP contribution in [0, 0.1) is 0 Å². The Hall–Kier alpha value is -2.01. The van der Waals surface area contributed by atoms with Gasteiger partial charge in [-0.05, 0) is 25.1 Å². The summed E-state index contributed by atoms with van der Waals surface area (Å²) in [5, 5.41) is 7.08. The van der Waals surface area contributed by atoms with Crippen LogP contribution in [0.3, 0.4) is 0 Å². The molecule has 96 valence electrons. The first-order valence-electron chi connectivity index (χ1n) is 5.89. The fourth-order valence-electron chi connectivity index (χ4n) is 1.72. The van der Waals surface area contributed by atoms with E-state index in [4.69, 9.17) is 15.0 Å². The van der Waals surface area contributed by atoms with Gasteiger partial charge in [-0.3, -0.25) is 0 Å². The zero-order valence-electron chi connectivity index (χ0n) is 10.3. The molecule has 0 atom stereocenters. The van der Waals surface area contributed by atoms with Crippen molar-refractivity contribution < 1.29 is 9.26 Å². The number of anilines is 1. The van der Waals surface area contributed by atoms with Gasteiger partial charge in [0.15, 0.2) is 5.76 Å². The molecule has 0 radical (unpaired) electrons. The molecular formula is C13H17N3O2. The van der Waals surface area contributed by atoms with Gasteiger partial charge in [-0.1, -0.05) is 17.3 Å². The molecule has 2 rings (SSSR count). The van der Waals surface area contributed by atoms with Crippen molar-refractivity contribution in [3.8, 4) is 17.1 Å². The molecule has 5 heteroatoms. The summed E-state index contributed by atoms with van der Waals surface area (Å²) in [4.78, 5) is 0. The Morgan fingerprint density at radius 1 is 1.39 bits per heavy atom. The van der Waals surface area contributed by atoms with E-state index in [1.54, 1.807) is 13.3 Å². The van der Waals surface area contributed by atoms with E-state index in [1.165, 1.54) is 0 Å². The van der Waals surface area contributed by atoms with Gasteiger partial charge in [-0.15, -0.1) is 0 Å². The second-order valence-corrected chi connectivity index (χ2v) is 3.84. The number of nitrogens with zero attached hydrogens (tertiary/aromatic N) is 1. The monoisotopic (exact) mass is 247 g/mol. The van der Waals surface area contributed by atoms with E-state index in [-0.39, 0.29) is 0 Å². The molecule has 0 aliphatic heterocycles. The average molecular weight is 247 g/mol. The van der Waals surface area contributed by atoms with E-state index in [0.29, 0.717) is 12.3 Å². The van der Waals surface area contributed by atoms with Crippen molar-refractivity contribution >= 4 is 5.69 Å². The molecule has 0 aliphatic carbocycles. The van der Waals surface area contributed by atoms with E-state index in [0.717, 1.165) is 30.0 Å². The average Bonchev–Trinajstić information content (AvgIpc) is 2.87. The molecule has 0 saturated carbocycles. The molecule has 0 saturated heterocycles. The number of nitrogens with one attached hydrogen (secondary N) is 1. The highest BCUT2D eigenvalue weighted by Gasteiger charge is 2.14. The number of hydrogen-bond donors (Lipinski definition) is 2. The molecule has 0 spiro atoms. The molecule has 0 bridgehead atoms. The number of hydrogen-bond acceptors (Lipinski definition) is 5. The number of aromatic nitrogens is 1. The largest absolute Gasteiger partial charge is 0.496 e. The summed E-state index contributed by atoms with van der Waals surface area (Å²) >= 11 is 0. The van der Waals surface area contributed by atoms with Gasteiger partial charge in [0.2, 0.25) is 0 Å². The minimum atomic E-state index is 0.655. The first-order valence-corrected chi connectivity index (χ1v) is 5.89. The van der Waals surface area contributed by atoms with Crippen LogP contribution in [0.4, 0.5) is 5.69 Å². The van der Waals surface area contributed by atoms with Gasteiger partial charge in [0.25, 0.3) is 0 Å². The number of ether oxygens (including phenoxy) is 1. The molecule has 1 heterocycles. The third kappa shape index (κ3) is 2.62. The van der Waals surface area contributed by atoms with E-state index in [2.05, 4.69) is 10.5 Å². The molecule has 18 heavy (non-hydrogen) atoms. The summed E-state index contributed by atoms with van der Waals surface area (Å²) < 4.78 is 10.6. The van der Waals surface area contributed by atoms with Crippen LogP contribution in [0.1, 0.15) is 6.42 Å². The molecule has 5 nitrogen and oxygen atoms in total. The fourth-order valence-corrected chi connectivity index (χ4v) is 1.72. The molecular weight excluding hydrogens is 230 g/mol. The van der Waals surface area contributed by atoms with E-state index >= 15 is 0 Å². The summed E-state index contributed by atoms with van der Waals surface area (Å²) in [5.74, 6) is 1.44. The van der Waals surface area contributed by atoms with Crippen LogP contribution in [-0.4, -0.2) is 25.4 Å². The van der Waals surface area contributed by atoms with Crippen LogP contribution in [0.2, 0.25) is 0 Å². The Morgan fingerprint density at radius 2 is 2.22 bits per heavy atom. The van der Waals surface area contributed by atoms with Gasteiger partial charge in [0, 0.05) is 6.54 Å². The van der Waals surface area contributed by atoms with Gasteiger partial charge < -0.3 is 20.3 Å². The maximum Gasteiger partial charge on any atom is 0.193 e. The minimum Gasteiger partial charge on any atom is -0.496 e. The van der Waals surface area contributed by atoms with Crippen molar-refractivity contribution in [1.82, 2.24) is 5.16 Å². The first-order chi connectivity index (χ1) is 8.86. The number of benzene rings is 1. The quantitative estimate of drug-likeness (QED) is 0.765. The highest BCUT2D eigenvalue weighted by atomic mass is 16.5. The zero-order chi connectivity index (χ0) is 12.8. The van der Waals surface area contributed by atoms with E-state index in [9.17, 15) is 0 Å². The number of para-hydroxylation sites is 1. The fraction of sp³-hybridized carbons (Fsp3) is 0.308. The van der Waals surface area contributed by atoms with Crippen molar-refractivity contribution in [2.45, 2.75) is 6.42 Å². The van der Waals surface area contributed by atoms with E-state index < -0.39 is 0 Å². The maximum atomic E-state index is 5.46. The Balaban J connectivity index is 2.25. The molecule has 0 fully saturated rings. The van der Waals surface area contributed by atoms with Crippen LogP contribution >= 0.6 is 0 Å². The van der Waals surface area contributed by atoms with E-state index in [1.807, 2.05) is 24.3 Å². The van der Waals surface area contributed by atoms with Crippen molar-refractivity contribution in [3.05, 3.63) is 30.5 Å². The lowest BCUT2D eigenvalue weighted by Gasteiger charge is -2.08. The van der Waals surface area contributed by atoms with Crippen molar-refractivity contribution in [2.24, 2.45) is 5.73 Å². The topological polar surface area (TPSA) is 73.3 Å². The molecule has 1 aromatic heterocycles. The predicted octanol–water partition coefficient (Wildman–Crippen LogP) is 2.11. The van der Waals surface area contributed by atoms with Crippen LogP contribution in [0.5, 0.6) is 5.75 Å². The molecule has 3 N–H and O–H groups in total. The molecule has 1 aromatic carbocycles. The highest BCUT2D eigenvalue weighted by Crippen LogP contribution is 2.34. The Kier molecular flexibility index (Phi) is 4.20. The summed E-state index contributed by atoms with van der Waals surface area (Å²) in [5.41, 5.74) is 7.20. The summed E-state index contributed by atoms with van der Waals surface area (Å²) in [7, 11) is 1.64. The number of rotatable bonds is 6. The third-order valence-electron chi connectivity index (χ3n) is 2.62. The lowest BCUT2D eigenvalue weighted by molar-refractivity contribution is 0.406. The van der Waals surface area contributed by atoms with Crippen molar-refractivity contribution in [2.75, 3.05) is 25.5 Å².